The molecule has 0 aromatic rings. The number of ether oxygens (including phenoxy) is 12. The third-order valence-corrected chi connectivity index (χ3v) is 4.77. The second-order valence-electron chi connectivity index (χ2n) is 8.10. The van der Waals surface area contributed by atoms with Crippen molar-refractivity contribution in [3.05, 3.63) is 0 Å². The Kier molecular flexibility index (Phi) is 38.1. The van der Waals surface area contributed by atoms with Crippen molar-refractivity contribution in [2.75, 3.05) is 172 Å². The quantitative estimate of drug-likeness (QED) is 0.0767. The van der Waals surface area contributed by atoms with E-state index in [4.69, 9.17) is 63.3 Å². The van der Waals surface area contributed by atoms with E-state index in [-0.39, 0.29) is 0 Å². The maximum atomic E-state index is 5.47. The third kappa shape index (κ3) is 39.0. The lowest BCUT2D eigenvalue weighted by atomic mass is 10.6. The van der Waals surface area contributed by atoms with Gasteiger partial charge in [-0.15, -0.1) is 6.42 Å². The van der Waals surface area contributed by atoms with Crippen LogP contribution in [0.1, 0.15) is 0 Å². The van der Waals surface area contributed by atoms with Gasteiger partial charge >= 0.3 is 0 Å². The van der Waals surface area contributed by atoms with Crippen LogP contribution in [0.4, 0.5) is 0 Å². The molecular formula is C28H55NO12. The van der Waals surface area contributed by atoms with E-state index in [1.54, 1.807) is 0 Å². The molecule has 0 fully saturated rings. The van der Waals surface area contributed by atoms with E-state index in [9.17, 15) is 0 Å². The molecule has 0 heterocycles. The van der Waals surface area contributed by atoms with Crippen molar-refractivity contribution >= 4 is 0 Å². The van der Waals surface area contributed by atoms with E-state index in [2.05, 4.69) is 11.2 Å². The average Bonchev–Trinajstić information content (AvgIpc) is 2.98. The molecule has 1 N–H and O–H groups in total. The molecule has 0 amide bonds. The number of rotatable bonds is 37. The highest BCUT2D eigenvalue weighted by Gasteiger charge is 1.96. The van der Waals surface area contributed by atoms with E-state index < -0.39 is 0 Å². The Morgan fingerprint density at radius 1 is 0.341 bits per heavy atom. The van der Waals surface area contributed by atoms with E-state index in [0.717, 1.165) is 6.54 Å². The summed E-state index contributed by atoms with van der Waals surface area (Å²) in [6, 6.07) is 0. The minimum atomic E-state index is 0.309. The number of terminal acetylenes is 1. The molecule has 0 aromatic heterocycles. The van der Waals surface area contributed by atoms with Gasteiger partial charge < -0.3 is 62.2 Å². The predicted octanol–water partition coefficient (Wildman–Crippen LogP) is 0.0382. The average molecular weight is 598 g/mol. The molecule has 244 valence electrons. The number of nitrogens with one attached hydrogen (secondary N) is 1. The Balaban J connectivity index is 3.02. The van der Waals surface area contributed by atoms with Gasteiger partial charge in [-0.25, -0.2) is 0 Å². The van der Waals surface area contributed by atoms with Gasteiger partial charge in [-0.1, -0.05) is 5.92 Å². The van der Waals surface area contributed by atoms with Crippen molar-refractivity contribution in [2.45, 2.75) is 0 Å². The van der Waals surface area contributed by atoms with Crippen LogP contribution in [0, 0.1) is 12.3 Å². The van der Waals surface area contributed by atoms with Gasteiger partial charge in [0.2, 0.25) is 0 Å². The van der Waals surface area contributed by atoms with Gasteiger partial charge in [0.05, 0.1) is 152 Å². The maximum Gasteiger partial charge on any atom is 0.107 e. The summed E-state index contributed by atoms with van der Waals surface area (Å²) in [7, 11) is 1.89. The molecule has 0 saturated carbocycles. The lowest BCUT2D eigenvalue weighted by Crippen LogP contribution is -2.17. The summed E-state index contributed by atoms with van der Waals surface area (Å²) in [4.78, 5) is 0. The molecular weight excluding hydrogens is 542 g/mol. The van der Waals surface area contributed by atoms with E-state index in [0.29, 0.717) is 159 Å². The maximum absolute atomic E-state index is 5.47. The van der Waals surface area contributed by atoms with Crippen LogP contribution < -0.4 is 5.32 Å². The third-order valence-electron chi connectivity index (χ3n) is 4.77. The molecule has 0 aliphatic heterocycles. The molecule has 41 heavy (non-hydrogen) atoms. The summed E-state index contributed by atoms with van der Waals surface area (Å²) in [5, 5.41) is 3.02. The molecule has 13 heteroatoms. The zero-order chi connectivity index (χ0) is 29.6. The summed E-state index contributed by atoms with van der Waals surface area (Å²) in [5.41, 5.74) is 0. The summed E-state index contributed by atoms with van der Waals surface area (Å²) in [6.45, 7) is 13.4. The van der Waals surface area contributed by atoms with Crippen LogP contribution in [-0.2, 0) is 56.8 Å². The highest BCUT2D eigenvalue weighted by Crippen LogP contribution is 1.87. The van der Waals surface area contributed by atoms with Crippen LogP contribution >= 0.6 is 0 Å². The van der Waals surface area contributed by atoms with Gasteiger partial charge in [0.15, 0.2) is 0 Å². The standard InChI is InChI=1S/C28H55NO12/c1-3-5-30-7-9-32-11-13-34-15-17-36-19-21-38-23-25-40-27-28-41-26-24-39-22-20-37-18-16-35-14-12-33-10-8-31-6-4-29-2/h1,29H,4-28H2,2H3. The van der Waals surface area contributed by atoms with Gasteiger partial charge in [0.25, 0.3) is 0 Å². The zero-order valence-electron chi connectivity index (χ0n) is 25.2. The monoisotopic (exact) mass is 597 g/mol. The van der Waals surface area contributed by atoms with Gasteiger partial charge in [-0.2, -0.15) is 0 Å². The van der Waals surface area contributed by atoms with Crippen LogP contribution in [0.25, 0.3) is 0 Å². The predicted molar refractivity (Wildman–Crippen MR) is 153 cm³/mol. The van der Waals surface area contributed by atoms with Crippen LogP contribution in [0.2, 0.25) is 0 Å². The second-order valence-corrected chi connectivity index (χ2v) is 8.10. The molecule has 0 bridgehead atoms. The summed E-state index contributed by atoms with van der Waals surface area (Å²) in [5.74, 6) is 2.40. The van der Waals surface area contributed by atoms with Gasteiger partial charge in [0, 0.05) is 6.54 Å². The zero-order valence-corrected chi connectivity index (χ0v) is 25.2. The Hall–Kier alpha value is -0.960. The van der Waals surface area contributed by atoms with Crippen LogP contribution in [0.5, 0.6) is 0 Å². The lowest BCUT2D eigenvalue weighted by Gasteiger charge is -2.09. The fourth-order valence-electron chi connectivity index (χ4n) is 2.72. The van der Waals surface area contributed by atoms with E-state index >= 15 is 0 Å². The largest absolute Gasteiger partial charge is 0.378 e. The first-order chi connectivity index (χ1) is 20.4. The van der Waals surface area contributed by atoms with Crippen molar-refractivity contribution in [1.82, 2.24) is 5.32 Å². The highest BCUT2D eigenvalue weighted by atomic mass is 16.6. The van der Waals surface area contributed by atoms with Crippen molar-refractivity contribution < 1.29 is 56.8 Å². The number of hydrogen-bond donors (Lipinski definition) is 1. The first kappa shape index (κ1) is 40.0. The van der Waals surface area contributed by atoms with Gasteiger partial charge in [0.1, 0.15) is 6.61 Å². The molecule has 0 rings (SSSR count). The Labute approximate surface area is 247 Å². The minimum absolute atomic E-state index is 0.309. The smallest absolute Gasteiger partial charge is 0.107 e. The molecule has 0 saturated heterocycles. The first-order valence-corrected chi connectivity index (χ1v) is 14.4. The van der Waals surface area contributed by atoms with Gasteiger partial charge in [-0.05, 0) is 7.05 Å². The molecule has 0 radical (unpaired) electrons. The summed E-state index contributed by atoms with van der Waals surface area (Å²) < 4.78 is 64.8. The number of likely N-dealkylation sites (N-methyl/N-ethyl adjacent to an activating group) is 1. The number of hydrogen-bond acceptors (Lipinski definition) is 13. The molecule has 0 unspecified atom stereocenters. The molecule has 0 aliphatic carbocycles. The minimum Gasteiger partial charge on any atom is -0.378 e. The molecule has 0 aromatic carbocycles. The van der Waals surface area contributed by atoms with Crippen LogP contribution in [0.15, 0.2) is 0 Å². The second kappa shape index (κ2) is 39.0. The van der Waals surface area contributed by atoms with Crippen LogP contribution in [0.3, 0.4) is 0 Å². The first-order valence-electron chi connectivity index (χ1n) is 14.4. The highest BCUT2D eigenvalue weighted by molar-refractivity contribution is 4.82. The fourth-order valence-corrected chi connectivity index (χ4v) is 2.72. The Bertz CT molecular complexity index is 513. The fraction of sp³-hybridized carbons (Fsp3) is 0.929. The molecule has 13 nitrogen and oxygen atoms in total. The Morgan fingerprint density at radius 3 is 0.732 bits per heavy atom. The van der Waals surface area contributed by atoms with Crippen molar-refractivity contribution in [2.24, 2.45) is 0 Å². The summed E-state index contributed by atoms with van der Waals surface area (Å²) >= 11 is 0. The SMILES string of the molecule is C#CCOCCOCCOCCOCCOCCOCCOCCOCCOCCOCCOCCOCCNC. The molecule has 0 spiro atoms. The van der Waals surface area contributed by atoms with E-state index in [1.165, 1.54) is 0 Å². The summed E-state index contributed by atoms with van der Waals surface area (Å²) in [6.07, 6.45) is 5.08. The topological polar surface area (TPSA) is 123 Å². The lowest BCUT2D eigenvalue weighted by molar-refractivity contribution is -0.0281. The molecule has 0 atom stereocenters. The van der Waals surface area contributed by atoms with Crippen molar-refractivity contribution in [3.63, 3.8) is 0 Å². The van der Waals surface area contributed by atoms with Crippen molar-refractivity contribution in [3.8, 4) is 12.3 Å². The van der Waals surface area contributed by atoms with Crippen molar-refractivity contribution in [1.29, 1.82) is 0 Å². The Morgan fingerprint density at radius 2 is 0.537 bits per heavy atom. The molecule has 0 aliphatic rings. The van der Waals surface area contributed by atoms with Gasteiger partial charge in [-0.3, -0.25) is 0 Å². The normalized spacial score (nSPS) is 11.3. The van der Waals surface area contributed by atoms with Crippen LogP contribution in [-0.4, -0.2) is 172 Å². The van der Waals surface area contributed by atoms with E-state index in [1.807, 2.05) is 7.05 Å².